The normalized spacial score (nSPS) is 10.8. The van der Waals surface area contributed by atoms with Crippen LogP contribution in [0.2, 0.25) is 0 Å². The van der Waals surface area contributed by atoms with Crippen molar-refractivity contribution in [3.63, 3.8) is 0 Å². The number of para-hydroxylation sites is 1. The minimum atomic E-state index is 0.532. The number of methoxy groups -OCH3 is 1. The van der Waals surface area contributed by atoms with Crippen molar-refractivity contribution in [2.45, 2.75) is 20.4 Å². The molecule has 0 fully saturated rings. The first kappa shape index (κ1) is 15.8. The molecule has 1 aromatic rings. The van der Waals surface area contributed by atoms with Crippen molar-refractivity contribution in [2.75, 3.05) is 34.0 Å². The van der Waals surface area contributed by atoms with Crippen LogP contribution in [0.3, 0.4) is 0 Å². The van der Waals surface area contributed by atoms with E-state index in [1.165, 1.54) is 0 Å². The molecule has 1 aromatic carbocycles. The zero-order valence-corrected chi connectivity index (χ0v) is 12.4. The first-order valence-electron chi connectivity index (χ1n) is 6.70. The molecule has 0 aliphatic rings. The topological polar surface area (TPSA) is 39.7 Å². The Morgan fingerprint density at radius 3 is 2.63 bits per heavy atom. The molecule has 0 saturated carbocycles. The van der Waals surface area contributed by atoms with Crippen LogP contribution in [-0.4, -0.2) is 34.0 Å². The van der Waals surface area contributed by atoms with Crippen LogP contribution < -0.4 is 14.8 Å². The van der Waals surface area contributed by atoms with Crippen LogP contribution in [0.5, 0.6) is 11.5 Å². The summed E-state index contributed by atoms with van der Waals surface area (Å²) in [5.41, 5.74) is 1.09. The van der Waals surface area contributed by atoms with Crippen molar-refractivity contribution < 1.29 is 14.2 Å². The third-order valence-electron chi connectivity index (χ3n) is 2.57. The molecule has 0 aromatic heterocycles. The Hall–Kier alpha value is -1.26. The van der Waals surface area contributed by atoms with Crippen LogP contribution >= 0.6 is 0 Å². The summed E-state index contributed by atoms with van der Waals surface area (Å²) in [6.45, 7) is 6.90. The molecule has 4 nitrogen and oxygen atoms in total. The largest absolute Gasteiger partial charge is 0.493 e. The van der Waals surface area contributed by atoms with E-state index in [4.69, 9.17) is 14.2 Å². The van der Waals surface area contributed by atoms with Gasteiger partial charge in [0, 0.05) is 18.7 Å². The summed E-state index contributed by atoms with van der Waals surface area (Å²) in [4.78, 5) is 0. The highest BCUT2D eigenvalue weighted by Gasteiger charge is 2.09. The molecule has 108 valence electrons. The lowest BCUT2D eigenvalue weighted by molar-refractivity contribution is 0.0807. The van der Waals surface area contributed by atoms with Gasteiger partial charge in [-0.25, -0.2) is 0 Å². The highest BCUT2D eigenvalue weighted by Crippen LogP contribution is 2.30. The fraction of sp³-hybridized carbons (Fsp3) is 0.600. The number of hydrogen-bond donors (Lipinski definition) is 1. The molecule has 0 spiro atoms. The number of benzene rings is 1. The summed E-state index contributed by atoms with van der Waals surface area (Å²) < 4.78 is 16.6. The zero-order valence-electron chi connectivity index (χ0n) is 12.4. The van der Waals surface area contributed by atoms with Crippen LogP contribution in [0.15, 0.2) is 18.2 Å². The summed E-state index contributed by atoms with van der Waals surface area (Å²) in [6, 6.07) is 5.90. The fourth-order valence-corrected chi connectivity index (χ4v) is 1.74. The number of ether oxygens (including phenoxy) is 3. The standard InChI is InChI=1S/C15H25NO3/c1-12(2)11-18-8-9-19-15-13(10-16-3)6-5-7-14(15)17-4/h5-7,12,16H,8-11H2,1-4H3. The van der Waals surface area contributed by atoms with Crippen LogP contribution in [0.25, 0.3) is 0 Å². The van der Waals surface area contributed by atoms with Gasteiger partial charge in [0.25, 0.3) is 0 Å². The minimum Gasteiger partial charge on any atom is -0.493 e. The van der Waals surface area contributed by atoms with Crippen molar-refractivity contribution in [2.24, 2.45) is 5.92 Å². The maximum Gasteiger partial charge on any atom is 0.165 e. The summed E-state index contributed by atoms with van der Waals surface area (Å²) in [7, 11) is 3.57. The Morgan fingerprint density at radius 2 is 2.00 bits per heavy atom. The van der Waals surface area contributed by atoms with Gasteiger partial charge in [0.2, 0.25) is 0 Å². The molecule has 0 heterocycles. The van der Waals surface area contributed by atoms with E-state index in [0.717, 1.165) is 30.2 Å². The predicted octanol–water partition coefficient (Wildman–Crippen LogP) is 2.47. The van der Waals surface area contributed by atoms with Gasteiger partial charge in [-0.3, -0.25) is 0 Å². The Bertz CT molecular complexity index is 366. The van der Waals surface area contributed by atoms with Crippen molar-refractivity contribution in [1.29, 1.82) is 0 Å². The lowest BCUT2D eigenvalue weighted by atomic mass is 10.2. The van der Waals surface area contributed by atoms with Crippen molar-refractivity contribution in [1.82, 2.24) is 5.32 Å². The average molecular weight is 267 g/mol. The van der Waals surface area contributed by atoms with Gasteiger partial charge < -0.3 is 19.5 Å². The van der Waals surface area contributed by atoms with Gasteiger partial charge in [-0.05, 0) is 19.0 Å². The van der Waals surface area contributed by atoms with Crippen molar-refractivity contribution >= 4 is 0 Å². The van der Waals surface area contributed by atoms with Gasteiger partial charge >= 0.3 is 0 Å². The van der Waals surface area contributed by atoms with Gasteiger partial charge in [0.15, 0.2) is 11.5 Å². The second kappa shape index (κ2) is 8.77. The van der Waals surface area contributed by atoms with Crippen molar-refractivity contribution in [3.05, 3.63) is 23.8 Å². The molecule has 1 N–H and O–H groups in total. The Labute approximate surface area is 116 Å². The molecule has 0 amide bonds. The van der Waals surface area contributed by atoms with E-state index in [1.54, 1.807) is 7.11 Å². The molecule has 0 unspecified atom stereocenters. The minimum absolute atomic E-state index is 0.532. The van der Waals surface area contributed by atoms with E-state index >= 15 is 0 Å². The van der Waals surface area contributed by atoms with E-state index in [1.807, 2.05) is 25.2 Å². The summed E-state index contributed by atoms with van der Waals surface area (Å²) >= 11 is 0. The van der Waals surface area contributed by atoms with Crippen LogP contribution in [0.1, 0.15) is 19.4 Å². The zero-order chi connectivity index (χ0) is 14.1. The maximum atomic E-state index is 5.80. The van der Waals surface area contributed by atoms with E-state index in [2.05, 4.69) is 19.2 Å². The molecule has 0 aliphatic heterocycles. The van der Waals surface area contributed by atoms with E-state index < -0.39 is 0 Å². The number of rotatable bonds is 9. The molecular formula is C15H25NO3. The summed E-state index contributed by atoms with van der Waals surface area (Å²) in [5.74, 6) is 2.11. The van der Waals surface area contributed by atoms with Crippen LogP contribution in [0.4, 0.5) is 0 Å². The SMILES string of the molecule is CNCc1cccc(OC)c1OCCOCC(C)C. The van der Waals surface area contributed by atoms with Crippen LogP contribution in [0, 0.1) is 5.92 Å². The molecule has 0 bridgehead atoms. The molecule has 0 saturated heterocycles. The van der Waals surface area contributed by atoms with Gasteiger partial charge in [-0.15, -0.1) is 0 Å². The average Bonchev–Trinajstić information content (AvgIpc) is 2.39. The van der Waals surface area contributed by atoms with Gasteiger partial charge in [-0.1, -0.05) is 26.0 Å². The third-order valence-corrected chi connectivity index (χ3v) is 2.57. The van der Waals surface area contributed by atoms with Gasteiger partial charge in [0.05, 0.1) is 13.7 Å². The summed E-state index contributed by atoms with van der Waals surface area (Å²) in [5, 5.41) is 3.13. The van der Waals surface area contributed by atoms with Gasteiger partial charge in [-0.2, -0.15) is 0 Å². The Balaban J connectivity index is 2.54. The van der Waals surface area contributed by atoms with E-state index in [-0.39, 0.29) is 0 Å². The lowest BCUT2D eigenvalue weighted by Gasteiger charge is -2.15. The fourth-order valence-electron chi connectivity index (χ4n) is 1.74. The van der Waals surface area contributed by atoms with Crippen LogP contribution in [-0.2, 0) is 11.3 Å². The summed E-state index contributed by atoms with van der Waals surface area (Å²) in [6.07, 6.45) is 0. The second-order valence-electron chi connectivity index (χ2n) is 4.80. The monoisotopic (exact) mass is 267 g/mol. The predicted molar refractivity (Wildman–Crippen MR) is 76.9 cm³/mol. The first-order valence-corrected chi connectivity index (χ1v) is 6.70. The molecule has 4 heteroatoms. The number of nitrogens with one attached hydrogen (secondary N) is 1. The molecular weight excluding hydrogens is 242 g/mol. The Kier molecular flexibility index (Phi) is 7.30. The molecule has 0 aliphatic carbocycles. The van der Waals surface area contributed by atoms with Gasteiger partial charge in [0.1, 0.15) is 6.61 Å². The molecule has 0 atom stereocenters. The molecule has 0 radical (unpaired) electrons. The highest BCUT2D eigenvalue weighted by molar-refractivity contribution is 5.46. The molecule has 19 heavy (non-hydrogen) atoms. The van der Waals surface area contributed by atoms with E-state index in [0.29, 0.717) is 19.1 Å². The van der Waals surface area contributed by atoms with E-state index in [9.17, 15) is 0 Å². The quantitative estimate of drug-likeness (QED) is 0.698. The van der Waals surface area contributed by atoms with Crippen molar-refractivity contribution in [3.8, 4) is 11.5 Å². The number of hydrogen-bond acceptors (Lipinski definition) is 4. The molecule has 1 rings (SSSR count). The maximum absolute atomic E-state index is 5.80. The smallest absolute Gasteiger partial charge is 0.165 e. The highest BCUT2D eigenvalue weighted by atomic mass is 16.5. The Morgan fingerprint density at radius 1 is 1.21 bits per heavy atom. The lowest BCUT2D eigenvalue weighted by Crippen LogP contribution is -2.13. The second-order valence-corrected chi connectivity index (χ2v) is 4.80. The first-order chi connectivity index (χ1) is 9.19. The third kappa shape index (κ3) is 5.49.